The Bertz CT molecular complexity index is 2100. The predicted molar refractivity (Wildman–Crippen MR) is 217 cm³/mol. The molecule has 4 aromatic rings. The number of benzene rings is 2. The van der Waals surface area contributed by atoms with Crippen molar-refractivity contribution < 1.29 is 28.6 Å². The van der Waals surface area contributed by atoms with Gasteiger partial charge in [-0.1, -0.05) is 47.6 Å². The van der Waals surface area contributed by atoms with E-state index in [0.717, 1.165) is 42.2 Å². The number of hydrogen-bond donors (Lipinski definition) is 1. The molecule has 0 unspecified atom stereocenters. The number of alkyl carbamates (subject to hydrolysis) is 1. The van der Waals surface area contributed by atoms with Crippen molar-refractivity contribution in [2.24, 2.45) is 0 Å². The highest BCUT2D eigenvalue weighted by Gasteiger charge is 2.27. The Hall–Kier alpha value is -5.15. The first kappa shape index (κ1) is 42.0. The summed E-state index contributed by atoms with van der Waals surface area (Å²) in [6.45, 7) is 8.42. The molecule has 15 heteroatoms. The smallest absolute Gasteiger partial charge is 0.408 e. The highest BCUT2D eigenvalue weighted by molar-refractivity contribution is 7.98. The Morgan fingerprint density at radius 3 is 2.30 bits per heavy atom. The SMILES string of the molecule is C[C@H](NC(=O)OC(C)(C)C)C(=O)CCCC(=O)OCCOc1ccc(-c2c(C#N)c(SCc3csc(-c4ccc(Cl)cc4)n3)nc(N3CCCC3)c2C#N)cc1. The van der Waals surface area contributed by atoms with E-state index in [-0.39, 0.29) is 38.3 Å². The second-order valence-corrected chi connectivity index (χ2v) is 16.3. The van der Waals surface area contributed by atoms with Gasteiger partial charge in [0.05, 0.1) is 17.3 Å². The van der Waals surface area contributed by atoms with E-state index in [0.29, 0.717) is 49.6 Å². The first-order valence-electron chi connectivity index (χ1n) is 18.2. The molecular formula is C41H43ClN6O6S2. The highest BCUT2D eigenvalue weighted by atomic mass is 35.5. The number of halogens is 1. The molecule has 1 N–H and O–H groups in total. The minimum Gasteiger partial charge on any atom is -0.490 e. The summed E-state index contributed by atoms with van der Waals surface area (Å²) >= 11 is 9.01. The van der Waals surface area contributed by atoms with Crippen LogP contribution in [0, 0.1) is 22.7 Å². The Labute approximate surface area is 340 Å². The summed E-state index contributed by atoms with van der Waals surface area (Å²) < 4.78 is 16.3. The first-order chi connectivity index (χ1) is 26.8. The standard InChI is InChI=1S/C41H43ClN6O6S2/c1-26(45-40(51)54-41(2,3)4)34(49)8-7-9-35(50)53-21-20-52-31-16-12-27(13-17-31)36-32(22-43)37(48-18-5-6-19-48)47-39(33(36)23-44)56-25-30-24-55-38(46-30)28-10-14-29(42)15-11-28/h10-17,24,26H,5-9,18-21,25H2,1-4H3,(H,45,51)/t26-/m0/s1. The number of thioether (sulfide) groups is 1. The molecule has 56 heavy (non-hydrogen) atoms. The van der Waals surface area contributed by atoms with Crippen LogP contribution in [0.3, 0.4) is 0 Å². The summed E-state index contributed by atoms with van der Waals surface area (Å²) in [4.78, 5) is 48.4. The highest BCUT2D eigenvalue weighted by Crippen LogP contribution is 2.40. The van der Waals surface area contributed by atoms with Gasteiger partial charge >= 0.3 is 12.1 Å². The maximum absolute atomic E-state index is 12.4. The molecule has 1 amide bonds. The van der Waals surface area contributed by atoms with E-state index in [1.165, 1.54) is 23.1 Å². The van der Waals surface area contributed by atoms with Gasteiger partial charge in [0.15, 0.2) is 5.78 Å². The zero-order valence-electron chi connectivity index (χ0n) is 31.7. The maximum Gasteiger partial charge on any atom is 0.408 e. The average molecular weight is 815 g/mol. The number of rotatable bonds is 16. The van der Waals surface area contributed by atoms with Crippen molar-refractivity contribution in [1.82, 2.24) is 15.3 Å². The summed E-state index contributed by atoms with van der Waals surface area (Å²) in [5, 5.41) is 27.5. The Balaban J connectivity index is 1.19. The molecule has 1 atom stereocenters. The molecule has 2 aromatic heterocycles. The lowest BCUT2D eigenvalue weighted by Gasteiger charge is -2.22. The lowest BCUT2D eigenvalue weighted by Crippen LogP contribution is -2.41. The molecule has 2 aromatic carbocycles. The molecule has 1 saturated heterocycles. The van der Waals surface area contributed by atoms with Crippen molar-refractivity contribution >= 4 is 58.4 Å². The van der Waals surface area contributed by atoms with Gasteiger partial charge in [0, 0.05) is 53.2 Å². The molecule has 0 radical (unpaired) electrons. The Morgan fingerprint density at radius 2 is 1.64 bits per heavy atom. The second-order valence-electron chi connectivity index (χ2n) is 14.0. The van der Waals surface area contributed by atoms with E-state index in [1.54, 1.807) is 52.0 Å². The average Bonchev–Trinajstić information content (AvgIpc) is 3.88. The van der Waals surface area contributed by atoms with Crippen molar-refractivity contribution in [3.8, 4) is 39.6 Å². The third-order valence-electron chi connectivity index (χ3n) is 8.55. The molecule has 0 aliphatic carbocycles. The quantitative estimate of drug-likeness (QED) is 0.0650. The molecule has 0 bridgehead atoms. The molecule has 3 heterocycles. The number of nitrogens with zero attached hydrogens (tertiary/aromatic N) is 5. The number of ketones is 1. The van der Waals surface area contributed by atoms with Gasteiger partial charge in [0.2, 0.25) is 0 Å². The molecule has 1 aliphatic heterocycles. The summed E-state index contributed by atoms with van der Waals surface area (Å²) in [7, 11) is 0. The lowest BCUT2D eigenvalue weighted by atomic mass is 9.96. The first-order valence-corrected chi connectivity index (χ1v) is 20.5. The van der Waals surface area contributed by atoms with Crippen LogP contribution < -0.4 is 15.0 Å². The number of thiazole rings is 1. The fourth-order valence-corrected chi connectivity index (χ4v) is 7.78. The molecule has 1 aliphatic rings. The molecule has 12 nitrogen and oxygen atoms in total. The van der Waals surface area contributed by atoms with E-state index in [1.807, 2.05) is 29.6 Å². The number of carbonyl (C=O) groups is 3. The monoisotopic (exact) mass is 814 g/mol. The number of hydrogen-bond acceptors (Lipinski definition) is 13. The zero-order chi connectivity index (χ0) is 40.2. The molecule has 292 valence electrons. The van der Waals surface area contributed by atoms with Crippen LogP contribution in [0.15, 0.2) is 58.9 Å². The van der Waals surface area contributed by atoms with Gasteiger partial charge in [-0.05, 0) is 76.8 Å². The number of carbonyl (C=O) groups excluding carboxylic acids is 3. The third kappa shape index (κ3) is 11.7. The van der Waals surface area contributed by atoms with Crippen molar-refractivity contribution in [3.63, 3.8) is 0 Å². The summed E-state index contributed by atoms with van der Waals surface area (Å²) in [6, 6.07) is 18.6. The summed E-state index contributed by atoms with van der Waals surface area (Å²) in [6.07, 6.45) is 1.73. The fraction of sp³-hybridized carbons (Fsp3) is 0.390. The molecule has 5 rings (SSSR count). The van der Waals surface area contributed by atoms with Gasteiger partial charge in [-0.3, -0.25) is 9.59 Å². The molecule has 0 spiro atoms. The van der Waals surface area contributed by atoms with Gasteiger partial charge in [-0.25, -0.2) is 14.8 Å². The van der Waals surface area contributed by atoms with Gasteiger partial charge < -0.3 is 24.4 Å². The summed E-state index contributed by atoms with van der Waals surface area (Å²) in [5.74, 6) is 0.892. The number of anilines is 1. The van der Waals surface area contributed by atoms with Crippen molar-refractivity contribution in [2.45, 2.75) is 82.2 Å². The van der Waals surface area contributed by atoms with Crippen molar-refractivity contribution in [2.75, 3.05) is 31.2 Å². The van der Waals surface area contributed by atoms with Crippen LogP contribution in [0.2, 0.25) is 5.02 Å². The number of nitrogens with one attached hydrogen (secondary N) is 1. The summed E-state index contributed by atoms with van der Waals surface area (Å²) in [5.41, 5.74) is 3.01. The minimum atomic E-state index is -0.741. The topological polar surface area (TPSA) is 168 Å². The predicted octanol–water partition coefficient (Wildman–Crippen LogP) is 8.74. The Kier molecular flexibility index (Phi) is 14.7. The van der Waals surface area contributed by atoms with E-state index in [9.17, 15) is 24.9 Å². The van der Waals surface area contributed by atoms with Crippen LogP contribution in [0.1, 0.15) is 76.6 Å². The van der Waals surface area contributed by atoms with E-state index >= 15 is 0 Å². The second kappa shape index (κ2) is 19.6. The normalized spacial score (nSPS) is 13.0. The van der Waals surface area contributed by atoms with E-state index < -0.39 is 23.7 Å². The lowest BCUT2D eigenvalue weighted by molar-refractivity contribution is -0.144. The van der Waals surface area contributed by atoms with Crippen molar-refractivity contribution in [3.05, 3.63) is 75.8 Å². The number of nitriles is 2. The van der Waals surface area contributed by atoms with Gasteiger partial charge in [-0.2, -0.15) is 10.5 Å². The van der Waals surface area contributed by atoms with Gasteiger partial charge in [0.25, 0.3) is 0 Å². The molecular weight excluding hydrogens is 772 g/mol. The largest absolute Gasteiger partial charge is 0.490 e. The van der Waals surface area contributed by atoms with Crippen LogP contribution in [-0.4, -0.2) is 65.8 Å². The van der Waals surface area contributed by atoms with Crippen LogP contribution in [-0.2, 0) is 24.8 Å². The van der Waals surface area contributed by atoms with Crippen LogP contribution >= 0.6 is 34.7 Å². The maximum atomic E-state index is 12.4. The van der Waals surface area contributed by atoms with Crippen LogP contribution in [0.4, 0.5) is 10.6 Å². The fourth-order valence-electron chi connectivity index (χ4n) is 5.85. The Morgan fingerprint density at radius 1 is 0.964 bits per heavy atom. The third-order valence-corrected chi connectivity index (χ3v) is 10.8. The van der Waals surface area contributed by atoms with E-state index in [4.69, 9.17) is 35.8 Å². The minimum absolute atomic E-state index is 0.00655. The zero-order valence-corrected chi connectivity index (χ0v) is 34.1. The van der Waals surface area contributed by atoms with Gasteiger partial charge in [-0.15, -0.1) is 11.3 Å². The number of amides is 1. The van der Waals surface area contributed by atoms with E-state index in [2.05, 4.69) is 22.4 Å². The van der Waals surface area contributed by atoms with Crippen molar-refractivity contribution in [1.29, 1.82) is 10.5 Å². The number of Topliss-reactive ketones (excluding diaryl/α,β-unsaturated/α-hetero) is 1. The van der Waals surface area contributed by atoms with Gasteiger partial charge in [0.1, 0.15) is 58.1 Å². The van der Waals surface area contributed by atoms with Crippen LogP contribution in [0.5, 0.6) is 5.75 Å². The molecule has 0 saturated carbocycles. The molecule has 1 fully saturated rings. The number of aromatic nitrogens is 2. The van der Waals surface area contributed by atoms with Crippen LogP contribution in [0.25, 0.3) is 21.7 Å². The number of pyridine rings is 1. The number of ether oxygens (including phenoxy) is 3. The number of esters is 1.